The van der Waals surface area contributed by atoms with Gasteiger partial charge in [0, 0.05) is 0 Å². The molecule has 0 aromatic rings. The number of hydrogen-bond acceptors (Lipinski definition) is 2. The second-order valence-electron chi connectivity index (χ2n) is 1.46. The van der Waals surface area contributed by atoms with E-state index in [0.717, 1.165) is 0 Å². The fourth-order valence-electron chi connectivity index (χ4n) is 0.625. The van der Waals surface area contributed by atoms with Gasteiger partial charge in [-0.1, -0.05) is 0 Å². The predicted octanol–water partition coefficient (Wildman–Crippen LogP) is -3.79. The monoisotopic (exact) mass is 134 g/mol. The first-order valence-corrected chi connectivity index (χ1v) is 2.43. The molecular formula is C5H12BN2Na. The van der Waals surface area contributed by atoms with E-state index in [9.17, 15) is 0 Å². The van der Waals surface area contributed by atoms with Gasteiger partial charge in [0.25, 0.3) is 0 Å². The topological polar surface area (TPSA) is 35.8 Å². The third-order valence-electron chi connectivity index (χ3n) is 0.957. The molecule has 0 bridgehead atoms. The fraction of sp³-hybridized carbons (Fsp3) is 0.800. The van der Waals surface area contributed by atoms with E-state index in [1.54, 1.807) is 0 Å². The maximum atomic E-state index is 7.43. The predicted molar refractivity (Wildman–Crippen MR) is 37.7 cm³/mol. The Morgan fingerprint density at radius 3 is 1.78 bits per heavy atom. The van der Waals surface area contributed by atoms with E-state index in [-0.39, 0.29) is 37.4 Å². The minimum Gasteiger partial charge on any atom is -0.317 e. The first kappa shape index (κ1) is 12.2. The van der Waals surface area contributed by atoms with E-state index in [4.69, 9.17) is 5.26 Å². The summed E-state index contributed by atoms with van der Waals surface area (Å²) >= 11 is 0. The summed E-state index contributed by atoms with van der Waals surface area (Å²) in [6.07, 6.45) is 2.78. The molecule has 1 aliphatic heterocycles. The Balaban J connectivity index is 0. The van der Waals surface area contributed by atoms with E-state index < -0.39 is 0 Å². The average molecular weight is 134 g/mol. The average Bonchev–Trinajstić information content (AvgIpc) is 2.17. The number of hydrogen-bond donors (Lipinski definition) is 1. The van der Waals surface area contributed by atoms with Gasteiger partial charge in [0.1, 0.15) is 0 Å². The van der Waals surface area contributed by atoms with Gasteiger partial charge in [-0.15, -0.1) is 0 Å². The quantitative estimate of drug-likeness (QED) is 0.345. The Labute approximate surface area is 79.7 Å². The summed E-state index contributed by atoms with van der Waals surface area (Å²) in [7, 11) is 0.0694. The van der Waals surface area contributed by atoms with Crippen LogP contribution in [0.5, 0.6) is 0 Å². The molecule has 2 nitrogen and oxygen atoms in total. The van der Waals surface area contributed by atoms with Crippen LogP contribution in [0.15, 0.2) is 0 Å². The molecule has 1 saturated heterocycles. The van der Waals surface area contributed by atoms with E-state index in [1.165, 1.54) is 25.9 Å². The molecule has 1 N–H and O–H groups in total. The largest absolute Gasteiger partial charge is 1.00 e. The van der Waals surface area contributed by atoms with Gasteiger partial charge in [-0.2, -0.15) is 5.97 Å². The molecule has 1 aliphatic rings. The Kier molecular flexibility index (Phi) is 15.4. The summed E-state index contributed by atoms with van der Waals surface area (Å²) in [5, 5.41) is 10.7. The van der Waals surface area contributed by atoms with Crippen LogP contribution in [0.1, 0.15) is 12.8 Å². The fourth-order valence-corrected chi connectivity index (χ4v) is 0.625. The maximum Gasteiger partial charge on any atom is 1.00 e. The van der Waals surface area contributed by atoms with Gasteiger partial charge in [0.05, 0.1) is 7.85 Å². The molecule has 0 atom stereocenters. The maximum absolute atomic E-state index is 7.43. The summed E-state index contributed by atoms with van der Waals surface area (Å²) in [4.78, 5) is 0. The van der Waals surface area contributed by atoms with Crippen LogP contribution in [-0.2, 0) is 0 Å². The second kappa shape index (κ2) is 11.3. The molecule has 0 radical (unpaired) electrons. The van der Waals surface area contributed by atoms with Crippen LogP contribution in [-0.4, -0.2) is 20.9 Å². The van der Waals surface area contributed by atoms with Crippen molar-refractivity contribution < 1.29 is 29.6 Å². The van der Waals surface area contributed by atoms with Crippen molar-refractivity contribution in [3.8, 4) is 5.97 Å². The third kappa shape index (κ3) is 11.9. The zero-order chi connectivity index (χ0) is 6.24. The first-order chi connectivity index (χ1) is 3.91. The van der Waals surface area contributed by atoms with Crippen molar-refractivity contribution in [3.05, 3.63) is 0 Å². The molecule has 0 aliphatic carbocycles. The summed E-state index contributed by atoms with van der Waals surface area (Å²) in [6.45, 7) is 2.50. The molecule has 0 spiro atoms. The van der Waals surface area contributed by atoms with Crippen LogP contribution < -0.4 is 34.9 Å². The van der Waals surface area contributed by atoms with Gasteiger partial charge in [-0.05, 0) is 25.9 Å². The van der Waals surface area contributed by atoms with Crippen molar-refractivity contribution in [2.24, 2.45) is 0 Å². The Hall–Kier alpha value is 0.515. The van der Waals surface area contributed by atoms with Crippen molar-refractivity contribution in [3.63, 3.8) is 0 Å². The molecule has 0 amide bonds. The second-order valence-corrected chi connectivity index (χ2v) is 1.46. The zero-order valence-electron chi connectivity index (χ0n) is 5.28. The van der Waals surface area contributed by atoms with Gasteiger partial charge in [-0.25, -0.2) is 0 Å². The Bertz CT molecular complexity index is 69.9. The van der Waals surface area contributed by atoms with Crippen molar-refractivity contribution >= 4 is 7.85 Å². The van der Waals surface area contributed by atoms with Gasteiger partial charge in [0.15, 0.2) is 0 Å². The minimum atomic E-state index is 0. The van der Waals surface area contributed by atoms with Crippen LogP contribution >= 0.6 is 0 Å². The van der Waals surface area contributed by atoms with Crippen LogP contribution in [0, 0.1) is 11.2 Å². The van der Waals surface area contributed by atoms with Crippen LogP contribution in [0.25, 0.3) is 0 Å². The van der Waals surface area contributed by atoms with Gasteiger partial charge >= 0.3 is 29.6 Å². The van der Waals surface area contributed by atoms with Crippen molar-refractivity contribution in [2.75, 3.05) is 13.1 Å². The number of nitrogens with one attached hydrogen (secondary N) is 1. The minimum absolute atomic E-state index is 0. The van der Waals surface area contributed by atoms with Crippen molar-refractivity contribution in [1.29, 1.82) is 5.26 Å². The molecule has 9 heavy (non-hydrogen) atoms. The third-order valence-corrected chi connectivity index (χ3v) is 0.957. The number of nitriles is 1. The Morgan fingerprint density at radius 2 is 1.67 bits per heavy atom. The van der Waals surface area contributed by atoms with Gasteiger partial charge in [0.2, 0.25) is 0 Å². The normalized spacial score (nSPS) is 14.2. The van der Waals surface area contributed by atoms with Gasteiger partial charge < -0.3 is 5.32 Å². The SMILES string of the molecule is C1CCNC1.[BH3-]C#N.[Na+]. The molecule has 1 fully saturated rings. The molecule has 0 aromatic carbocycles. The smallest absolute Gasteiger partial charge is 0.317 e. The standard InChI is InChI=1S/C4H9N.CH3BN.Na/c1-2-4-5-3-1;2-1-3;/h5H,1-4H2;2H3;/q;-1;+1. The zero-order valence-corrected chi connectivity index (χ0v) is 7.28. The first-order valence-electron chi connectivity index (χ1n) is 2.43. The summed E-state index contributed by atoms with van der Waals surface area (Å²) in [6, 6.07) is 0. The molecule has 4 heteroatoms. The van der Waals surface area contributed by atoms with Crippen molar-refractivity contribution in [2.45, 2.75) is 12.8 Å². The molecule has 46 valence electrons. The van der Waals surface area contributed by atoms with Crippen LogP contribution in [0.4, 0.5) is 0 Å². The molecule has 0 unspecified atom stereocenters. The molecular weight excluding hydrogens is 122 g/mol. The molecule has 0 saturated carbocycles. The number of nitrogens with zero attached hydrogens (tertiary/aromatic N) is 1. The molecule has 1 heterocycles. The van der Waals surface area contributed by atoms with E-state index in [0.29, 0.717) is 0 Å². The van der Waals surface area contributed by atoms with Crippen molar-refractivity contribution in [1.82, 2.24) is 5.32 Å². The molecule has 1 rings (SSSR count). The van der Waals surface area contributed by atoms with Gasteiger partial charge in [-0.3, -0.25) is 5.26 Å². The van der Waals surface area contributed by atoms with Crippen LogP contribution in [0.3, 0.4) is 0 Å². The Morgan fingerprint density at radius 1 is 1.33 bits per heavy atom. The summed E-state index contributed by atoms with van der Waals surface area (Å²) < 4.78 is 0. The van der Waals surface area contributed by atoms with E-state index in [1.807, 2.05) is 5.97 Å². The number of rotatable bonds is 0. The summed E-state index contributed by atoms with van der Waals surface area (Å²) in [5.41, 5.74) is 0. The molecule has 0 aromatic heterocycles. The van der Waals surface area contributed by atoms with E-state index >= 15 is 0 Å². The summed E-state index contributed by atoms with van der Waals surface area (Å²) in [5.74, 6) is 2.00. The van der Waals surface area contributed by atoms with Crippen LogP contribution in [0.2, 0.25) is 0 Å². The van der Waals surface area contributed by atoms with E-state index in [2.05, 4.69) is 5.32 Å².